The fraction of sp³-hybridized carbons (Fsp3) is 0.520. The number of esters is 1. The van der Waals surface area contributed by atoms with Crippen LogP contribution in [-0.4, -0.2) is 49.2 Å². The summed E-state index contributed by atoms with van der Waals surface area (Å²) in [6, 6.07) is 2.36. The number of carbonyl (C=O) groups excluding carboxylic acids is 2. The van der Waals surface area contributed by atoms with Crippen molar-refractivity contribution >= 4 is 12.0 Å². The van der Waals surface area contributed by atoms with Crippen molar-refractivity contribution in [2.45, 2.75) is 65.1 Å². The van der Waals surface area contributed by atoms with Crippen molar-refractivity contribution < 1.29 is 37.3 Å². The number of nitrogens with zero attached hydrogens (tertiary/aromatic N) is 1. The van der Waals surface area contributed by atoms with Crippen molar-refractivity contribution in [3.8, 4) is 11.5 Å². The minimum Gasteiger partial charge on any atom is -0.464 e. The number of urea groups is 1. The first kappa shape index (κ1) is 26.5. The predicted octanol–water partition coefficient (Wildman–Crippen LogP) is 4.92. The van der Waals surface area contributed by atoms with Gasteiger partial charge in [0.15, 0.2) is 11.5 Å². The second kappa shape index (κ2) is 11.1. The first-order valence-corrected chi connectivity index (χ1v) is 11.6. The molecule has 192 valence electrons. The molecule has 3 unspecified atom stereocenters. The van der Waals surface area contributed by atoms with Crippen molar-refractivity contribution in [3.63, 3.8) is 0 Å². The largest absolute Gasteiger partial charge is 0.586 e. The van der Waals surface area contributed by atoms with Gasteiger partial charge in [-0.25, -0.2) is 9.59 Å². The SMILES string of the molecule is C/C=C(\C=C/CC)C[C@H]1C(OC)N(C(=O)NC(C)c2ccc3c(c2)OC(F)(F)O3)C1C(=O)OCC. The normalized spacial score (nSPS) is 23.7. The van der Waals surface area contributed by atoms with Gasteiger partial charge in [0, 0.05) is 13.0 Å². The molecule has 0 aromatic heterocycles. The lowest BCUT2D eigenvalue weighted by Gasteiger charge is -2.52. The van der Waals surface area contributed by atoms with Gasteiger partial charge in [-0.15, -0.1) is 8.78 Å². The number of alkyl halides is 2. The van der Waals surface area contributed by atoms with Crippen LogP contribution in [0, 0.1) is 5.92 Å². The maximum atomic E-state index is 13.3. The second-order valence-electron chi connectivity index (χ2n) is 8.32. The standard InChI is InChI=1S/C25H32F2N2O6/c1-6-9-10-16(7-2)13-18-21(23(30)33-8-3)29(22(18)32-5)24(31)28-15(4)17-11-12-19-20(14-17)35-25(26,27)34-19/h7,9-12,14-15,18,21-22H,6,8,13H2,1-5H3,(H,28,31)/b10-9-,16-7+/t15?,18-,21?,22?/m1/s1. The van der Waals surface area contributed by atoms with Gasteiger partial charge in [0.25, 0.3) is 0 Å². The highest BCUT2D eigenvalue weighted by Gasteiger charge is 2.56. The van der Waals surface area contributed by atoms with Crippen molar-refractivity contribution in [2.75, 3.05) is 13.7 Å². The molecule has 0 radical (unpaired) electrons. The van der Waals surface area contributed by atoms with Gasteiger partial charge in [0.1, 0.15) is 12.3 Å². The van der Waals surface area contributed by atoms with Crippen LogP contribution in [0.2, 0.25) is 0 Å². The number of methoxy groups -OCH3 is 1. The molecule has 0 bridgehead atoms. The van der Waals surface area contributed by atoms with Gasteiger partial charge in [-0.2, -0.15) is 0 Å². The Morgan fingerprint density at radius 3 is 2.60 bits per heavy atom. The molecule has 2 aliphatic rings. The zero-order chi connectivity index (χ0) is 25.8. The molecule has 1 aromatic rings. The summed E-state index contributed by atoms with van der Waals surface area (Å²) in [4.78, 5) is 27.4. The number of allylic oxidation sites excluding steroid dienone is 4. The Bertz CT molecular complexity index is 996. The molecule has 1 aromatic carbocycles. The lowest BCUT2D eigenvalue weighted by molar-refractivity contribution is -0.286. The first-order valence-electron chi connectivity index (χ1n) is 11.6. The lowest BCUT2D eigenvalue weighted by Crippen LogP contribution is -2.71. The van der Waals surface area contributed by atoms with Crippen molar-refractivity contribution in [3.05, 3.63) is 47.6 Å². The summed E-state index contributed by atoms with van der Waals surface area (Å²) in [7, 11) is 1.48. The van der Waals surface area contributed by atoms with Gasteiger partial charge >= 0.3 is 18.3 Å². The minimum atomic E-state index is -3.73. The molecule has 4 atom stereocenters. The molecule has 1 fully saturated rings. The molecule has 2 heterocycles. The predicted molar refractivity (Wildman–Crippen MR) is 124 cm³/mol. The monoisotopic (exact) mass is 494 g/mol. The number of nitrogens with one attached hydrogen (secondary N) is 1. The third-order valence-corrected chi connectivity index (χ3v) is 6.02. The third-order valence-electron chi connectivity index (χ3n) is 6.02. The first-order chi connectivity index (χ1) is 16.6. The molecule has 2 aliphatic heterocycles. The Morgan fingerprint density at radius 1 is 1.26 bits per heavy atom. The van der Waals surface area contributed by atoms with E-state index in [1.54, 1.807) is 19.9 Å². The fourth-order valence-electron chi connectivity index (χ4n) is 4.29. The van der Waals surface area contributed by atoms with Gasteiger partial charge in [0.2, 0.25) is 0 Å². The summed E-state index contributed by atoms with van der Waals surface area (Å²) in [5.41, 5.74) is 1.55. The smallest absolute Gasteiger partial charge is 0.464 e. The zero-order valence-corrected chi connectivity index (χ0v) is 20.5. The number of rotatable bonds is 9. The maximum absolute atomic E-state index is 13.3. The van der Waals surface area contributed by atoms with E-state index in [2.05, 4.69) is 14.8 Å². The summed E-state index contributed by atoms with van der Waals surface area (Å²) in [5.74, 6) is -0.994. The Hall–Kier alpha value is -3.14. The number of benzene rings is 1. The van der Waals surface area contributed by atoms with Gasteiger partial charge in [0.05, 0.1) is 12.6 Å². The summed E-state index contributed by atoms with van der Waals surface area (Å²) in [5, 5.41) is 2.81. The average molecular weight is 495 g/mol. The van der Waals surface area contributed by atoms with Crippen molar-refractivity contribution in [1.82, 2.24) is 10.2 Å². The van der Waals surface area contributed by atoms with Crippen LogP contribution < -0.4 is 14.8 Å². The van der Waals surface area contributed by atoms with Crippen LogP contribution >= 0.6 is 0 Å². The average Bonchev–Trinajstić information content (AvgIpc) is 3.11. The number of ether oxygens (including phenoxy) is 4. The maximum Gasteiger partial charge on any atom is 0.586 e. The highest BCUT2D eigenvalue weighted by molar-refractivity contribution is 5.86. The number of hydrogen-bond donors (Lipinski definition) is 1. The van der Waals surface area contributed by atoms with Gasteiger partial charge in [-0.05, 0) is 51.3 Å². The quantitative estimate of drug-likeness (QED) is 0.388. The van der Waals surface area contributed by atoms with E-state index in [9.17, 15) is 18.4 Å². The zero-order valence-electron chi connectivity index (χ0n) is 20.5. The summed E-state index contributed by atoms with van der Waals surface area (Å²) >= 11 is 0. The molecule has 35 heavy (non-hydrogen) atoms. The molecule has 0 saturated carbocycles. The van der Waals surface area contributed by atoms with Crippen molar-refractivity contribution in [2.24, 2.45) is 5.92 Å². The number of amides is 2. The molecule has 10 heteroatoms. The topological polar surface area (TPSA) is 86.3 Å². The molecule has 0 spiro atoms. The Balaban J connectivity index is 1.76. The van der Waals surface area contributed by atoms with E-state index >= 15 is 0 Å². The highest BCUT2D eigenvalue weighted by atomic mass is 19.3. The van der Waals surface area contributed by atoms with Gasteiger partial charge < -0.3 is 24.3 Å². The summed E-state index contributed by atoms with van der Waals surface area (Å²) < 4.78 is 46.4. The van der Waals surface area contributed by atoms with E-state index in [1.165, 1.54) is 24.1 Å². The number of carbonyl (C=O) groups is 2. The summed E-state index contributed by atoms with van der Waals surface area (Å²) in [6.45, 7) is 7.53. The van der Waals surface area contributed by atoms with Crippen LogP contribution in [-0.2, 0) is 14.3 Å². The molecule has 2 amide bonds. The second-order valence-corrected chi connectivity index (χ2v) is 8.32. The van der Waals surface area contributed by atoms with Crippen LogP contribution in [0.5, 0.6) is 11.5 Å². The molecule has 1 saturated heterocycles. The molecule has 0 aliphatic carbocycles. The fourth-order valence-corrected chi connectivity index (χ4v) is 4.29. The highest BCUT2D eigenvalue weighted by Crippen LogP contribution is 2.42. The Morgan fingerprint density at radius 2 is 1.97 bits per heavy atom. The molecular weight excluding hydrogens is 462 g/mol. The molecule has 1 N–H and O–H groups in total. The Labute approximate surface area is 203 Å². The van der Waals surface area contributed by atoms with E-state index in [1.807, 2.05) is 32.1 Å². The van der Waals surface area contributed by atoms with E-state index < -0.39 is 36.6 Å². The van der Waals surface area contributed by atoms with Gasteiger partial charge in [-0.1, -0.05) is 36.8 Å². The Kier molecular flexibility index (Phi) is 8.37. The minimum absolute atomic E-state index is 0.0819. The lowest BCUT2D eigenvalue weighted by atomic mass is 9.80. The van der Waals surface area contributed by atoms with Crippen molar-refractivity contribution in [1.29, 1.82) is 0 Å². The van der Waals surface area contributed by atoms with E-state index in [4.69, 9.17) is 9.47 Å². The number of likely N-dealkylation sites (tertiary alicyclic amines) is 1. The third kappa shape index (κ3) is 5.75. The van der Waals surface area contributed by atoms with Crippen LogP contribution in [0.4, 0.5) is 13.6 Å². The molecule has 8 nitrogen and oxygen atoms in total. The number of halogens is 2. The van der Waals surface area contributed by atoms with Crippen LogP contribution in [0.1, 0.15) is 52.1 Å². The van der Waals surface area contributed by atoms with Crippen LogP contribution in [0.15, 0.2) is 42.0 Å². The number of hydrogen-bond acceptors (Lipinski definition) is 6. The summed E-state index contributed by atoms with van der Waals surface area (Å²) in [6.07, 6.45) is 3.04. The van der Waals surface area contributed by atoms with E-state index in [0.717, 1.165) is 12.0 Å². The number of fused-ring (bicyclic) bond motifs is 1. The molecular formula is C25H32F2N2O6. The molecule has 3 rings (SSSR count). The van der Waals surface area contributed by atoms with Crippen LogP contribution in [0.3, 0.4) is 0 Å². The van der Waals surface area contributed by atoms with Gasteiger partial charge in [-0.3, -0.25) is 4.90 Å². The van der Waals surface area contributed by atoms with E-state index in [0.29, 0.717) is 12.0 Å². The van der Waals surface area contributed by atoms with Crippen LogP contribution in [0.25, 0.3) is 0 Å². The van der Waals surface area contributed by atoms with E-state index in [-0.39, 0.29) is 24.0 Å².